The van der Waals surface area contributed by atoms with E-state index in [1.165, 1.54) is 12.1 Å². The van der Waals surface area contributed by atoms with Crippen molar-refractivity contribution in [3.63, 3.8) is 0 Å². The first-order valence-electron chi connectivity index (χ1n) is 8.22. The van der Waals surface area contributed by atoms with Gasteiger partial charge in [-0.2, -0.15) is 0 Å². The molecule has 142 valence electrons. The van der Waals surface area contributed by atoms with Crippen LogP contribution in [0, 0.1) is 0 Å². The van der Waals surface area contributed by atoms with E-state index in [4.69, 9.17) is 5.14 Å². The number of H-pyrrole nitrogens is 1. The molecule has 0 unspecified atom stereocenters. The number of nitrogens with zero attached hydrogens (tertiary/aromatic N) is 1. The molecule has 0 atom stereocenters. The number of nitrogens with one attached hydrogen (secondary N) is 3. The number of sulfonamides is 1. The van der Waals surface area contributed by atoms with Crippen LogP contribution < -0.4 is 26.6 Å². The van der Waals surface area contributed by atoms with Crippen molar-refractivity contribution in [1.29, 1.82) is 0 Å². The summed E-state index contributed by atoms with van der Waals surface area (Å²) in [7, 11) is -3.82. The van der Waals surface area contributed by atoms with Crippen LogP contribution in [0.4, 0.5) is 17.1 Å². The molecule has 0 saturated heterocycles. The fourth-order valence-corrected chi connectivity index (χ4v) is 3.44. The maximum Gasteiger partial charge on any atom is 0.253 e. The summed E-state index contributed by atoms with van der Waals surface area (Å²) in [4.78, 5) is 31.0. The number of anilines is 3. The fraction of sp³-hybridized carbons (Fsp3) is 0.0556. The first kappa shape index (κ1) is 17.9. The zero-order valence-electron chi connectivity index (χ0n) is 14.4. The molecule has 0 fully saturated rings. The molecular formula is C18H15N5O4S. The number of aromatic amines is 1. The van der Waals surface area contributed by atoms with Crippen LogP contribution in [0.2, 0.25) is 0 Å². The van der Waals surface area contributed by atoms with Crippen molar-refractivity contribution >= 4 is 38.1 Å². The van der Waals surface area contributed by atoms with Crippen LogP contribution in [0.25, 0.3) is 11.0 Å². The standard InChI is InChI=1S/C18H15N5O4S/c19-28(26,27)12-3-1-2-10(6-12)8-20-15-16(18(25)17(15)24)23-11-4-5-13-14(7-11)22-9-21-13/h1-7,9,20,23H,8H2,(H,21,22)(H2,19,26,27). The van der Waals surface area contributed by atoms with E-state index in [0.717, 1.165) is 11.0 Å². The van der Waals surface area contributed by atoms with E-state index < -0.39 is 20.9 Å². The van der Waals surface area contributed by atoms with Gasteiger partial charge in [0.2, 0.25) is 10.0 Å². The second-order valence-electron chi connectivity index (χ2n) is 6.21. The van der Waals surface area contributed by atoms with Gasteiger partial charge < -0.3 is 15.6 Å². The highest BCUT2D eigenvalue weighted by Crippen LogP contribution is 2.23. The number of aromatic nitrogens is 2. The maximum absolute atomic E-state index is 12.0. The lowest BCUT2D eigenvalue weighted by Crippen LogP contribution is -2.36. The van der Waals surface area contributed by atoms with Crippen LogP contribution in [0.5, 0.6) is 0 Å². The van der Waals surface area contributed by atoms with Crippen LogP contribution in [0.3, 0.4) is 0 Å². The van der Waals surface area contributed by atoms with E-state index >= 15 is 0 Å². The monoisotopic (exact) mass is 397 g/mol. The van der Waals surface area contributed by atoms with Gasteiger partial charge in [0.15, 0.2) is 0 Å². The largest absolute Gasteiger partial charge is 0.376 e. The molecular weight excluding hydrogens is 382 g/mol. The third-order valence-electron chi connectivity index (χ3n) is 4.30. The number of nitrogens with two attached hydrogens (primary N) is 1. The van der Waals surface area contributed by atoms with Crippen molar-refractivity contribution in [2.45, 2.75) is 11.4 Å². The second kappa shape index (κ2) is 6.59. The molecule has 0 spiro atoms. The molecule has 0 radical (unpaired) electrons. The summed E-state index contributed by atoms with van der Waals surface area (Å²) in [5, 5.41) is 11.0. The average Bonchev–Trinajstić information content (AvgIpc) is 3.14. The molecule has 0 aliphatic heterocycles. The summed E-state index contributed by atoms with van der Waals surface area (Å²) in [5.74, 6) is 0. The summed E-state index contributed by atoms with van der Waals surface area (Å²) in [5.41, 5.74) is 1.86. The average molecular weight is 397 g/mol. The number of primary sulfonamides is 1. The molecule has 0 aliphatic rings. The van der Waals surface area contributed by atoms with Crippen molar-refractivity contribution in [1.82, 2.24) is 9.97 Å². The highest BCUT2D eigenvalue weighted by Gasteiger charge is 2.21. The zero-order chi connectivity index (χ0) is 19.9. The lowest BCUT2D eigenvalue weighted by atomic mass is 10.1. The van der Waals surface area contributed by atoms with Gasteiger partial charge >= 0.3 is 0 Å². The van der Waals surface area contributed by atoms with E-state index in [1.54, 1.807) is 36.7 Å². The Hall–Kier alpha value is -3.50. The molecule has 3 aromatic carbocycles. The number of fused-ring (bicyclic) bond motifs is 1. The predicted octanol–water partition coefficient (Wildman–Crippen LogP) is 1.16. The van der Waals surface area contributed by atoms with Crippen LogP contribution >= 0.6 is 0 Å². The topological polar surface area (TPSA) is 147 Å². The molecule has 0 aliphatic carbocycles. The Bertz CT molecular complexity index is 1370. The van der Waals surface area contributed by atoms with Gasteiger partial charge in [-0.3, -0.25) is 9.59 Å². The molecule has 5 N–H and O–H groups in total. The summed E-state index contributed by atoms with van der Waals surface area (Å²) in [6, 6.07) is 11.3. The van der Waals surface area contributed by atoms with Gasteiger partial charge in [0.1, 0.15) is 11.4 Å². The van der Waals surface area contributed by atoms with Crippen LogP contribution in [-0.2, 0) is 16.6 Å². The minimum atomic E-state index is -3.82. The van der Waals surface area contributed by atoms with Crippen LogP contribution in [0.15, 0.2) is 63.3 Å². The maximum atomic E-state index is 12.0. The Labute approximate surface area is 159 Å². The van der Waals surface area contributed by atoms with Crippen molar-refractivity contribution in [3.8, 4) is 0 Å². The van der Waals surface area contributed by atoms with Gasteiger partial charge in [-0.1, -0.05) is 12.1 Å². The Morgan fingerprint density at radius 2 is 1.82 bits per heavy atom. The van der Waals surface area contributed by atoms with Gasteiger partial charge in [0.25, 0.3) is 10.9 Å². The van der Waals surface area contributed by atoms with Gasteiger partial charge in [-0.15, -0.1) is 0 Å². The Morgan fingerprint density at radius 3 is 2.61 bits per heavy atom. The quantitative estimate of drug-likeness (QED) is 0.357. The predicted molar refractivity (Wildman–Crippen MR) is 106 cm³/mol. The third-order valence-corrected chi connectivity index (χ3v) is 5.21. The van der Waals surface area contributed by atoms with E-state index in [1.807, 2.05) is 0 Å². The molecule has 1 heterocycles. The van der Waals surface area contributed by atoms with Gasteiger partial charge in [0, 0.05) is 12.2 Å². The third kappa shape index (κ3) is 3.26. The first-order valence-corrected chi connectivity index (χ1v) is 9.76. The number of benzene rings is 2. The normalized spacial score (nSPS) is 11.8. The van der Waals surface area contributed by atoms with Crippen LogP contribution in [-0.4, -0.2) is 18.4 Å². The first-order chi connectivity index (χ1) is 13.3. The van der Waals surface area contributed by atoms with E-state index in [2.05, 4.69) is 20.6 Å². The van der Waals surface area contributed by atoms with Gasteiger partial charge in [0.05, 0.1) is 22.3 Å². The smallest absolute Gasteiger partial charge is 0.253 e. The zero-order valence-corrected chi connectivity index (χ0v) is 15.2. The summed E-state index contributed by atoms with van der Waals surface area (Å²) >= 11 is 0. The Balaban J connectivity index is 1.54. The van der Waals surface area contributed by atoms with Gasteiger partial charge in [-0.25, -0.2) is 18.5 Å². The van der Waals surface area contributed by atoms with E-state index in [0.29, 0.717) is 11.3 Å². The van der Waals surface area contributed by atoms with E-state index in [9.17, 15) is 18.0 Å². The molecule has 0 saturated carbocycles. The number of rotatable bonds is 6. The molecule has 4 aromatic rings. The summed E-state index contributed by atoms with van der Waals surface area (Å²) in [6.07, 6.45) is 1.56. The minimum absolute atomic E-state index is 0.0250. The Morgan fingerprint density at radius 1 is 1.04 bits per heavy atom. The van der Waals surface area contributed by atoms with E-state index in [-0.39, 0.29) is 22.8 Å². The minimum Gasteiger partial charge on any atom is -0.376 e. The fourth-order valence-electron chi connectivity index (χ4n) is 2.86. The molecule has 10 heteroatoms. The van der Waals surface area contributed by atoms with Crippen LogP contribution in [0.1, 0.15) is 5.56 Å². The van der Waals surface area contributed by atoms with Crippen molar-refractivity contribution in [3.05, 3.63) is 74.8 Å². The summed E-state index contributed by atoms with van der Waals surface area (Å²) < 4.78 is 22.9. The van der Waals surface area contributed by atoms with Gasteiger partial charge in [-0.05, 0) is 35.9 Å². The molecule has 0 bridgehead atoms. The number of hydrogen-bond acceptors (Lipinski definition) is 7. The number of hydrogen-bond donors (Lipinski definition) is 4. The lowest BCUT2D eigenvalue weighted by Gasteiger charge is -2.15. The van der Waals surface area contributed by atoms with Crippen molar-refractivity contribution < 1.29 is 8.42 Å². The second-order valence-corrected chi connectivity index (χ2v) is 7.78. The molecule has 1 aromatic heterocycles. The molecule has 4 rings (SSSR count). The summed E-state index contributed by atoms with van der Waals surface area (Å²) in [6.45, 7) is 0.155. The SMILES string of the molecule is NS(=O)(=O)c1cccc(CNc2c(Nc3ccc4nc[nH]c4c3)c(=O)c2=O)c1. The lowest BCUT2D eigenvalue weighted by molar-refractivity contribution is 0.597. The highest BCUT2D eigenvalue weighted by atomic mass is 32.2. The number of imidazole rings is 1. The molecule has 28 heavy (non-hydrogen) atoms. The Kier molecular flexibility index (Phi) is 4.21. The molecule has 0 amide bonds. The van der Waals surface area contributed by atoms with Crippen molar-refractivity contribution in [2.24, 2.45) is 5.14 Å². The van der Waals surface area contributed by atoms with Crippen molar-refractivity contribution in [2.75, 3.05) is 10.6 Å². The molecule has 9 nitrogen and oxygen atoms in total. The highest BCUT2D eigenvalue weighted by molar-refractivity contribution is 7.89.